The van der Waals surface area contributed by atoms with E-state index in [0.29, 0.717) is 10.6 Å². The Hall–Kier alpha value is -3.18. The first-order chi connectivity index (χ1) is 16.5. The molecule has 1 atom stereocenters. The van der Waals surface area contributed by atoms with E-state index in [1.807, 2.05) is 49.4 Å². The quantitative estimate of drug-likeness (QED) is 0.464. The molecule has 1 aliphatic carbocycles. The number of halogens is 1. The van der Waals surface area contributed by atoms with E-state index < -0.39 is 6.04 Å². The molecule has 2 aromatic carbocycles. The number of hydrogen-bond donors (Lipinski definition) is 1. The van der Waals surface area contributed by atoms with E-state index in [1.54, 1.807) is 35.4 Å². The van der Waals surface area contributed by atoms with Gasteiger partial charge in [-0.05, 0) is 43.5 Å². The van der Waals surface area contributed by atoms with Crippen LogP contribution < -0.4 is 5.32 Å². The Morgan fingerprint density at radius 2 is 1.71 bits per heavy atom. The number of aryl methyl sites for hydroxylation is 1. The third-order valence-corrected chi connectivity index (χ3v) is 6.67. The lowest BCUT2D eigenvalue weighted by atomic mass is 9.94. The molecule has 1 saturated carbocycles. The number of carbonyl (C=O) groups excluding carboxylic acids is 2. The molecule has 5 nitrogen and oxygen atoms in total. The van der Waals surface area contributed by atoms with Crippen molar-refractivity contribution in [2.75, 3.05) is 0 Å². The highest BCUT2D eigenvalue weighted by Gasteiger charge is 2.35. The molecule has 1 aliphatic rings. The molecule has 0 unspecified atom stereocenters. The summed E-state index contributed by atoms with van der Waals surface area (Å²) in [6, 6.07) is 19.7. The lowest BCUT2D eigenvalue weighted by Crippen LogP contribution is -2.47. The van der Waals surface area contributed by atoms with Gasteiger partial charge in [0.25, 0.3) is 5.91 Å². The molecular formula is C28H30ClN3O2. The van der Waals surface area contributed by atoms with Gasteiger partial charge in [-0.25, -0.2) is 0 Å². The third-order valence-electron chi connectivity index (χ3n) is 6.33. The van der Waals surface area contributed by atoms with Crippen LogP contribution >= 0.6 is 11.6 Å². The molecule has 1 heterocycles. The minimum Gasteiger partial charge on any atom is -0.351 e. The summed E-state index contributed by atoms with van der Waals surface area (Å²) in [4.78, 5) is 33.4. The molecule has 176 valence electrons. The van der Waals surface area contributed by atoms with Crippen LogP contribution in [0.15, 0.2) is 72.9 Å². The summed E-state index contributed by atoms with van der Waals surface area (Å²) in [5.41, 5.74) is 2.95. The van der Waals surface area contributed by atoms with Gasteiger partial charge in [0.1, 0.15) is 11.7 Å². The van der Waals surface area contributed by atoms with Crippen molar-refractivity contribution in [2.24, 2.45) is 0 Å². The number of pyridine rings is 1. The number of aromatic nitrogens is 1. The van der Waals surface area contributed by atoms with Gasteiger partial charge in [-0.15, -0.1) is 0 Å². The maximum Gasteiger partial charge on any atom is 0.273 e. The first-order valence-electron chi connectivity index (χ1n) is 11.9. The molecule has 1 fully saturated rings. The molecule has 0 saturated heterocycles. The standard InChI is InChI=1S/C28H30ClN3O2/c1-20-14-16-21(17-15-20)19-32(28(34)25-13-7-8-18-30-25)26(23-11-5-6-12-24(23)29)27(33)31-22-9-3-2-4-10-22/h5-8,11-18,22,26H,2-4,9-10,19H2,1H3,(H,31,33)/t26-/m0/s1. The van der Waals surface area contributed by atoms with Crippen LogP contribution in [0, 0.1) is 6.92 Å². The fourth-order valence-electron chi connectivity index (χ4n) is 4.48. The Balaban J connectivity index is 1.75. The summed E-state index contributed by atoms with van der Waals surface area (Å²) in [6.07, 6.45) is 6.88. The van der Waals surface area contributed by atoms with Crippen LogP contribution in [0.25, 0.3) is 0 Å². The first kappa shape index (κ1) is 24.0. The normalized spacial score (nSPS) is 14.9. The monoisotopic (exact) mass is 475 g/mol. The van der Waals surface area contributed by atoms with Crippen LogP contribution in [0.3, 0.4) is 0 Å². The smallest absolute Gasteiger partial charge is 0.273 e. The highest BCUT2D eigenvalue weighted by Crippen LogP contribution is 2.31. The van der Waals surface area contributed by atoms with Gasteiger partial charge in [-0.3, -0.25) is 14.6 Å². The lowest BCUT2D eigenvalue weighted by molar-refractivity contribution is -0.127. The summed E-state index contributed by atoms with van der Waals surface area (Å²) in [6.45, 7) is 2.27. The van der Waals surface area contributed by atoms with Crippen molar-refractivity contribution in [1.29, 1.82) is 0 Å². The van der Waals surface area contributed by atoms with Crippen LogP contribution in [-0.2, 0) is 11.3 Å². The van der Waals surface area contributed by atoms with Crippen LogP contribution in [0.1, 0.15) is 65.3 Å². The van der Waals surface area contributed by atoms with E-state index in [4.69, 9.17) is 11.6 Å². The van der Waals surface area contributed by atoms with Crippen LogP contribution in [0.5, 0.6) is 0 Å². The van der Waals surface area contributed by atoms with E-state index in [9.17, 15) is 9.59 Å². The fraction of sp³-hybridized carbons (Fsp3) is 0.321. The zero-order chi connectivity index (χ0) is 23.9. The van der Waals surface area contributed by atoms with Crippen molar-refractivity contribution in [3.63, 3.8) is 0 Å². The van der Waals surface area contributed by atoms with E-state index in [2.05, 4.69) is 10.3 Å². The van der Waals surface area contributed by atoms with Gasteiger partial charge in [0.15, 0.2) is 0 Å². The van der Waals surface area contributed by atoms with Crippen molar-refractivity contribution in [1.82, 2.24) is 15.2 Å². The minimum atomic E-state index is -0.883. The van der Waals surface area contributed by atoms with Crippen LogP contribution in [-0.4, -0.2) is 27.7 Å². The largest absolute Gasteiger partial charge is 0.351 e. The molecule has 0 radical (unpaired) electrons. The summed E-state index contributed by atoms with van der Waals surface area (Å²) < 4.78 is 0. The van der Waals surface area contributed by atoms with Crippen molar-refractivity contribution in [2.45, 2.75) is 57.7 Å². The Morgan fingerprint density at radius 1 is 1.00 bits per heavy atom. The lowest BCUT2D eigenvalue weighted by Gasteiger charge is -2.33. The highest BCUT2D eigenvalue weighted by molar-refractivity contribution is 6.31. The molecular weight excluding hydrogens is 446 g/mol. The van der Waals surface area contributed by atoms with Crippen molar-refractivity contribution < 1.29 is 9.59 Å². The van der Waals surface area contributed by atoms with E-state index >= 15 is 0 Å². The van der Waals surface area contributed by atoms with Gasteiger partial charge in [0.2, 0.25) is 5.91 Å². The highest BCUT2D eigenvalue weighted by atomic mass is 35.5. The predicted octanol–water partition coefficient (Wildman–Crippen LogP) is 5.88. The molecule has 1 aromatic heterocycles. The second-order valence-corrected chi connectivity index (χ2v) is 9.31. The van der Waals surface area contributed by atoms with Gasteiger partial charge < -0.3 is 10.2 Å². The van der Waals surface area contributed by atoms with Crippen molar-refractivity contribution in [3.05, 3.63) is 100 Å². The summed E-state index contributed by atoms with van der Waals surface area (Å²) in [5.74, 6) is -0.527. The summed E-state index contributed by atoms with van der Waals surface area (Å²) >= 11 is 6.59. The molecule has 0 bridgehead atoms. The third kappa shape index (κ3) is 5.84. The number of carbonyl (C=O) groups is 2. The average molecular weight is 476 g/mol. The van der Waals surface area contributed by atoms with Crippen molar-refractivity contribution in [3.8, 4) is 0 Å². The minimum absolute atomic E-state index is 0.109. The van der Waals surface area contributed by atoms with E-state index in [-0.39, 0.29) is 30.1 Å². The molecule has 4 rings (SSSR count). The van der Waals surface area contributed by atoms with E-state index in [0.717, 1.165) is 36.8 Å². The SMILES string of the molecule is Cc1ccc(CN(C(=O)c2ccccn2)[C@H](C(=O)NC2CCCCC2)c2ccccc2Cl)cc1. The Morgan fingerprint density at radius 3 is 2.38 bits per heavy atom. The molecule has 2 amide bonds. The predicted molar refractivity (Wildman–Crippen MR) is 134 cm³/mol. The van der Waals surface area contributed by atoms with E-state index in [1.165, 1.54) is 6.42 Å². The number of benzene rings is 2. The number of rotatable bonds is 7. The number of amides is 2. The molecule has 3 aromatic rings. The van der Waals surface area contributed by atoms with Crippen molar-refractivity contribution >= 4 is 23.4 Å². The Kier molecular flexibility index (Phi) is 7.96. The van der Waals surface area contributed by atoms with Gasteiger partial charge in [0.05, 0.1) is 0 Å². The zero-order valence-corrected chi connectivity index (χ0v) is 20.2. The van der Waals surface area contributed by atoms with Crippen LogP contribution in [0.4, 0.5) is 0 Å². The number of hydrogen-bond acceptors (Lipinski definition) is 3. The number of nitrogens with zero attached hydrogens (tertiary/aromatic N) is 2. The zero-order valence-electron chi connectivity index (χ0n) is 19.4. The number of nitrogens with one attached hydrogen (secondary N) is 1. The topological polar surface area (TPSA) is 62.3 Å². The fourth-order valence-corrected chi connectivity index (χ4v) is 4.72. The Bertz CT molecular complexity index is 1110. The van der Waals surface area contributed by atoms with Gasteiger partial charge in [-0.1, -0.05) is 85.0 Å². The Labute approximate surface area is 206 Å². The molecule has 1 N–H and O–H groups in total. The average Bonchev–Trinajstić information content (AvgIpc) is 2.86. The summed E-state index contributed by atoms with van der Waals surface area (Å²) in [7, 11) is 0. The molecule has 6 heteroatoms. The van der Waals surface area contributed by atoms with Gasteiger partial charge in [0, 0.05) is 29.4 Å². The van der Waals surface area contributed by atoms with Gasteiger partial charge >= 0.3 is 0 Å². The maximum atomic E-state index is 13.8. The molecule has 0 spiro atoms. The maximum absolute atomic E-state index is 13.8. The van der Waals surface area contributed by atoms with Gasteiger partial charge in [-0.2, -0.15) is 0 Å². The second kappa shape index (κ2) is 11.3. The van der Waals surface area contributed by atoms with Crippen LogP contribution in [0.2, 0.25) is 5.02 Å². The molecule has 0 aliphatic heterocycles. The first-order valence-corrected chi connectivity index (χ1v) is 12.2. The molecule has 34 heavy (non-hydrogen) atoms. The second-order valence-electron chi connectivity index (χ2n) is 8.90. The summed E-state index contributed by atoms with van der Waals surface area (Å²) in [5, 5.41) is 3.67.